The van der Waals surface area contributed by atoms with E-state index < -0.39 is 0 Å². The van der Waals surface area contributed by atoms with Crippen LogP contribution in [0.25, 0.3) is 0 Å². The van der Waals surface area contributed by atoms with E-state index in [1.807, 2.05) is 0 Å². The normalized spacial score (nSPS) is 11.2. The first-order valence-electron chi connectivity index (χ1n) is 13.1. The number of rotatable bonds is 20. The molecular formula is C28H48O3. The molecule has 0 saturated carbocycles. The van der Waals surface area contributed by atoms with Crippen LogP contribution < -0.4 is 0 Å². The topological polar surface area (TPSA) is 57.5 Å². The Labute approximate surface area is 191 Å². The van der Waals surface area contributed by atoms with Gasteiger partial charge in [-0.15, -0.1) is 0 Å². The van der Waals surface area contributed by atoms with E-state index in [9.17, 15) is 15.0 Å². The molecule has 0 aliphatic heterocycles. The summed E-state index contributed by atoms with van der Waals surface area (Å²) >= 11 is 0. The molecule has 31 heavy (non-hydrogen) atoms. The van der Waals surface area contributed by atoms with Crippen LogP contribution in [0.15, 0.2) is 12.1 Å². The highest BCUT2D eigenvalue weighted by Crippen LogP contribution is 2.28. The summed E-state index contributed by atoms with van der Waals surface area (Å²) in [5.74, 6) is -0.0362. The molecule has 1 aromatic carbocycles. The molecule has 0 saturated heterocycles. The molecule has 0 heterocycles. The standard InChI is InChI=1S/C28H48O3/c1-3-4-5-6-7-8-9-10-11-12-13-14-15-16-17-18-19-20-21-26(29)25-23-27(30)24(2)22-28(25)31/h22-23,30-31H,3-21H2,1-2H3. The van der Waals surface area contributed by atoms with Gasteiger partial charge in [-0.05, 0) is 31.0 Å². The van der Waals surface area contributed by atoms with Gasteiger partial charge >= 0.3 is 0 Å². The van der Waals surface area contributed by atoms with Gasteiger partial charge in [0.1, 0.15) is 11.5 Å². The monoisotopic (exact) mass is 432 g/mol. The number of aromatic hydroxyl groups is 2. The van der Waals surface area contributed by atoms with Gasteiger partial charge in [-0.2, -0.15) is 0 Å². The second-order valence-corrected chi connectivity index (χ2v) is 9.34. The molecule has 0 atom stereocenters. The fourth-order valence-corrected chi connectivity index (χ4v) is 4.23. The maximum atomic E-state index is 12.2. The first-order valence-corrected chi connectivity index (χ1v) is 13.1. The average molecular weight is 433 g/mol. The second-order valence-electron chi connectivity index (χ2n) is 9.34. The fraction of sp³-hybridized carbons (Fsp3) is 0.750. The van der Waals surface area contributed by atoms with Gasteiger partial charge in [0.15, 0.2) is 5.78 Å². The Hall–Kier alpha value is -1.51. The van der Waals surface area contributed by atoms with Gasteiger partial charge in [-0.1, -0.05) is 116 Å². The number of benzene rings is 1. The van der Waals surface area contributed by atoms with Crippen molar-refractivity contribution in [3.05, 3.63) is 23.3 Å². The van der Waals surface area contributed by atoms with Crippen LogP contribution in [0.3, 0.4) is 0 Å². The Balaban J connectivity index is 1.87. The molecule has 1 aromatic rings. The molecule has 0 aliphatic carbocycles. The number of hydrogen-bond acceptors (Lipinski definition) is 3. The number of ketones is 1. The van der Waals surface area contributed by atoms with Crippen molar-refractivity contribution in [1.29, 1.82) is 0 Å². The fourth-order valence-electron chi connectivity index (χ4n) is 4.23. The van der Waals surface area contributed by atoms with Crippen molar-refractivity contribution in [3.63, 3.8) is 0 Å². The number of unbranched alkanes of at least 4 members (excludes halogenated alkanes) is 17. The molecule has 2 N–H and O–H groups in total. The third kappa shape index (κ3) is 13.5. The molecular weight excluding hydrogens is 384 g/mol. The van der Waals surface area contributed by atoms with Crippen LogP contribution in [-0.2, 0) is 0 Å². The minimum absolute atomic E-state index is 0.0253. The quantitative estimate of drug-likeness (QED) is 0.123. The van der Waals surface area contributed by atoms with Crippen molar-refractivity contribution < 1.29 is 15.0 Å². The van der Waals surface area contributed by atoms with Crippen LogP contribution >= 0.6 is 0 Å². The molecule has 0 fully saturated rings. The number of phenols is 2. The van der Waals surface area contributed by atoms with Gasteiger partial charge in [-0.3, -0.25) is 4.79 Å². The zero-order valence-electron chi connectivity index (χ0n) is 20.4. The SMILES string of the molecule is CCCCCCCCCCCCCCCCCCCCC(=O)c1cc(O)c(C)cc1O. The Morgan fingerprint density at radius 3 is 1.42 bits per heavy atom. The predicted octanol–water partition coefficient (Wildman–Crippen LogP) is 9.02. The van der Waals surface area contributed by atoms with Gasteiger partial charge in [-0.25, -0.2) is 0 Å². The number of phenolic OH excluding ortho intramolecular Hbond substituents is 2. The predicted molar refractivity (Wildman–Crippen MR) is 132 cm³/mol. The van der Waals surface area contributed by atoms with Crippen molar-refractivity contribution in [1.82, 2.24) is 0 Å². The minimum Gasteiger partial charge on any atom is -0.508 e. The van der Waals surface area contributed by atoms with Crippen LogP contribution in [0.5, 0.6) is 11.5 Å². The van der Waals surface area contributed by atoms with Crippen LogP contribution in [0.2, 0.25) is 0 Å². The van der Waals surface area contributed by atoms with Crippen molar-refractivity contribution in [2.45, 2.75) is 136 Å². The van der Waals surface area contributed by atoms with Gasteiger partial charge in [0.25, 0.3) is 0 Å². The van der Waals surface area contributed by atoms with Crippen molar-refractivity contribution in [2.75, 3.05) is 0 Å². The maximum absolute atomic E-state index is 12.2. The molecule has 0 bridgehead atoms. The largest absolute Gasteiger partial charge is 0.508 e. The number of aryl methyl sites for hydroxylation is 1. The zero-order valence-corrected chi connectivity index (χ0v) is 20.4. The van der Waals surface area contributed by atoms with Crippen molar-refractivity contribution in [3.8, 4) is 11.5 Å². The molecule has 0 unspecified atom stereocenters. The summed E-state index contributed by atoms with van der Waals surface area (Å²) < 4.78 is 0. The average Bonchev–Trinajstić information content (AvgIpc) is 2.75. The first-order chi connectivity index (χ1) is 15.1. The summed E-state index contributed by atoms with van der Waals surface area (Å²) in [4.78, 5) is 12.2. The maximum Gasteiger partial charge on any atom is 0.166 e. The summed E-state index contributed by atoms with van der Waals surface area (Å²) in [5.41, 5.74) is 0.831. The Morgan fingerprint density at radius 1 is 0.613 bits per heavy atom. The van der Waals surface area contributed by atoms with Gasteiger partial charge in [0.2, 0.25) is 0 Å². The van der Waals surface area contributed by atoms with Crippen LogP contribution in [0.4, 0.5) is 0 Å². The molecule has 0 radical (unpaired) electrons. The number of carbonyl (C=O) groups excluding carboxylic acids is 1. The first kappa shape index (κ1) is 27.5. The zero-order chi connectivity index (χ0) is 22.7. The van der Waals surface area contributed by atoms with Crippen molar-refractivity contribution >= 4 is 5.78 Å². The third-order valence-electron chi connectivity index (χ3n) is 6.37. The van der Waals surface area contributed by atoms with Gasteiger partial charge in [0.05, 0.1) is 5.56 Å². The van der Waals surface area contributed by atoms with Crippen molar-refractivity contribution in [2.24, 2.45) is 0 Å². The molecule has 0 aromatic heterocycles. The molecule has 3 nitrogen and oxygen atoms in total. The summed E-state index contributed by atoms with van der Waals surface area (Å²) in [6, 6.07) is 2.85. The number of carbonyl (C=O) groups is 1. The van der Waals surface area contributed by atoms with E-state index in [1.54, 1.807) is 6.92 Å². The van der Waals surface area contributed by atoms with E-state index in [0.29, 0.717) is 12.0 Å². The highest BCUT2D eigenvalue weighted by molar-refractivity contribution is 5.99. The highest BCUT2D eigenvalue weighted by Gasteiger charge is 2.13. The highest BCUT2D eigenvalue weighted by atomic mass is 16.3. The Morgan fingerprint density at radius 2 is 1.00 bits per heavy atom. The van der Waals surface area contributed by atoms with E-state index in [-0.39, 0.29) is 22.8 Å². The van der Waals surface area contributed by atoms with E-state index in [1.165, 1.54) is 115 Å². The molecule has 0 aliphatic rings. The van der Waals surface area contributed by atoms with Gasteiger partial charge in [0, 0.05) is 6.42 Å². The lowest BCUT2D eigenvalue weighted by Crippen LogP contribution is -2.00. The molecule has 0 amide bonds. The van der Waals surface area contributed by atoms with Gasteiger partial charge < -0.3 is 10.2 Å². The summed E-state index contributed by atoms with van der Waals surface area (Å²) in [6.45, 7) is 3.99. The van der Waals surface area contributed by atoms with Crippen LogP contribution in [0, 0.1) is 6.92 Å². The van der Waals surface area contributed by atoms with E-state index >= 15 is 0 Å². The molecule has 0 spiro atoms. The molecule has 1 rings (SSSR count). The Kier molecular flexibility index (Phi) is 16.1. The van der Waals surface area contributed by atoms with Crippen LogP contribution in [-0.4, -0.2) is 16.0 Å². The lowest BCUT2D eigenvalue weighted by atomic mass is 10.0. The van der Waals surface area contributed by atoms with Crippen LogP contribution in [0.1, 0.15) is 145 Å². The summed E-state index contributed by atoms with van der Waals surface area (Å²) in [5, 5.41) is 19.6. The number of hydrogen-bond donors (Lipinski definition) is 2. The molecule has 178 valence electrons. The van der Waals surface area contributed by atoms with E-state index in [2.05, 4.69) is 6.92 Å². The summed E-state index contributed by atoms with van der Waals surface area (Å²) in [7, 11) is 0. The third-order valence-corrected chi connectivity index (χ3v) is 6.37. The minimum atomic E-state index is -0.0794. The summed E-state index contributed by atoms with van der Waals surface area (Å²) in [6.07, 6.45) is 24.3. The second kappa shape index (κ2) is 18.1. The smallest absolute Gasteiger partial charge is 0.166 e. The number of Topliss-reactive ketones (excluding diaryl/α,β-unsaturated/α-hetero) is 1. The lowest BCUT2D eigenvalue weighted by molar-refractivity contribution is 0.0976. The van der Waals surface area contributed by atoms with E-state index in [0.717, 1.165) is 12.8 Å². The van der Waals surface area contributed by atoms with E-state index in [4.69, 9.17) is 0 Å². The Bertz CT molecular complexity index is 594. The molecule has 3 heteroatoms. The lowest BCUT2D eigenvalue weighted by Gasteiger charge is -2.07.